The number of aliphatic carboxylic acids is 1. The maximum absolute atomic E-state index is 12.5. The molecule has 2 N–H and O–H groups in total. The second-order valence-electron chi connectivity index (χ2n) is 6.44. The van der Waals surface area contributed by atoms with Crippen LogP contribution in [0.25, 0.3) is 0 Å². The van der Waals surface area contributed by atoms with Crippen LogP contribution in [0.5, 0.6) is 0 Å². The highest BCUT2D eigenvalue weighted by Gasteiger charge is 2.42. The number of carbonyl (C=O) groups excluding carboxylic acids is 2. The molecular weight excluding hydrogens is 332 g/mol. The largest absolute Gasteiger partial charge is 0.481 e. The molecule has 0 saturated carbocycles. The molecule has 2 amide bonds. The Kier molecular flexibility index (Phi) is 5.49. The number of rotatable bonds is 5. The first-order valence-corrected chi connectivity index (χ1v) is 8.13. The molecule has 1 aliphatic heterocycles. The third-order valence-electron chi connectivity index (χ3n) is 4.37. The summed E-state index contributed by atoms with van der Waals surface area (Å²) in [5.41, 5.74) is -0.123. The number of carbonyl (C=O) groups is 3. The minimum Gasteiger partial charge on any atom is -0.481 e. The molecule has 7 heteroatoms. The van der Waals surface area contributed by atoms with Crippen LogP contribution in [-0.2, 0) is 14.4 Å². The van der Waals surface area contributed by atoms with Gasteiger partial charge in [-0.05, 0) is 31.0 Å². The molecular formula is C17H21ClN2O4. The molecule has 1 aliphatic rings. The van der Waals surface area contributed by atoms with Crippen molar-refractivity contribution in [2.75, 3.05) is 13.1 Å². The summed E-state index contributed by atoms with van der Waals surface area (Å²) in [5.74, 6) is -1.30. The Bertz CT molecular complexity index is 646. The second kappa shape index (κ2) is 7.21. The van der Waals surface area contributed by atoms with E-state index in [1.807, 2.05) is 0 Å². The van der Waals surface area contributed by atoms with E-state index in [-0.39, 0.29) is 24.8 Å². The lowest BCUT2D eigenvalue weighted by Gasteiger charge is -2.23. The van der Waals surface area contributed by atoms with E-state index in [4.69, 9.17) is 11.6 Å². The average molecular weight is 353 g/mol. The van der Waals surface area contributed by atoms with E-state index >= 15 is 0 Å². The van der Waals surface area contributed by atoms with Gasteiger partial charge < -0.3 is 15.3 Å². The summed E-state index contributed by atoms with van der Waals surface area (Å²) in [7, 11) is 0. The minimum absolute atomic E-state index is 0.0803. The maximum atomic E-state index is 12.5. The lowest BCUT2D eigenvalue weighted by molar-refractivity contribution is -0.147. The third kappa shape index (κ3) is 4.26. The Morgan fingerprint density at radius 1 is 1.33 bits per heavy atom. The number of halogens is 1. The first-order valence-electron chi connectivity index (χ1n) is 7.75. The fourth-order valence-corrected chi connectivity index (χ4v) is 2.97. The summed E-state index contributed by atoms with van der Waals surface area (Å²) in [5, 5.41) is 12.6. The monoisotopic (exact) mass is 352 g/mol. The molecule has 2 rings (SSSR count). The van der Waals surface area contributed by atoms with Crippen LogP contribution in [0.4, 0.5) is 0 Å². The van der Waals surface area contributed by atoms with Gasteiger partial charge >= 0.3 is 5.97 Å². The Morgan fingerprint density at radius 2 is 1.96 bits per heavy atom. The van der Waals surface area contributed by atoms with Crippen LogP contribution in [0.15, 0.2) is 24.3 Å². The van der Waals surface area contributed by atoms with Crippen molar-refractivity contribution in [3.63, 3.8) is 0 Å². The number of carboxylic acids is 1. The van der Waals surface area contributed by atoms with E-state index in [1.54, 1.807) is 36.1 Å². The topological polar surface area (TPSA) is 86.7 Å². The van der Waals surface area contributed by atoms with Crippen molar-refractivity contribution in [3.8, 4) is 0 Å². The van der Waals surface area contributed by atoms with Gasteiger partial charge in [-0.2, -0.15) is 0 Å². The van der Waals surface area contributed by atoms with Gasteiger partial charge in [0.05, 0.1) is 17.9 Å². The predicted octanol–water partition coefficient (Wildman–Crippen LogP) is 2.23. The van der Waals surface area contributed by atoms with Crippen LogP contribution in [0.2, 0.25) is 5.02 Å². The zero-order valence-electron chi connectivity index (χ0n) is 13.7. The number of benzene rings is 1. The van der Waals surface area contributed by atoms with Crippen LogP contribution in [0, 0.1) is 5.41 Å². The van der Waals surface area contributed by atoms with Gasteiger partial charge in [0.1, 0.15) is 0 Å². The smallest absolute Gasteiger partial charge is 0.311 e. The highest BCUT2D eigenvalue weighted by Crippen LogP contribution is 2.31. The first kappa shape index (κ1) is 18.3. The fraction of sp³-hybridized carbons (Fsp3) is 0.471. The van der Waals surface area contributed by atoms with Crippen molar-refractivity contribution in [3.05, 3.63) is 34.9 Å². The van der Waals surface area contributed by atoms with Gasteiger partial charge in [-0.25, -0.2) is 0 Å². The molecule has 1 aromatic carbocycles. The van der Waals surface area contributed by atoms with Gasteiger partial charge in [-0.15, -0.1) is 0 Å². The number of nitrogens with one attached hydrogen (secondary N) is 1. The van der Waals surface area contributed by atoms with Gasteiger partial charge in [-0.3, -0.25) is 14.4 Å². The van der Waals surface area contributed by atoms with Crippen molar-refractivity contribution in [2.45, 2.75) is 32.7 Å². The van der Waals surface area contributed by atoms with Gasteiger partial charge in [0, 0.05) is 25.0 Å². The average Bonchev–Trinajstić information content (AvgIpc) is 2.91. The van der Waals surface area contributed by atoms with E-state index in [0.717, 1.165) is 5.56 Å². The van der Waals surface area contributed by atoms with E-state index in [0.29, 0.717) is 18.0 Å². The normalized spacial score (nSPS) is 21.4. The molecule has 0 radical (unpaired) electrons. The Labute approximate surface area is 145 Å². The van der Waals surface area contributed by atoms with Crippen molar-refractivity contribution in [1.82, 2.24) is 10.2 Å². The number of amides is 2. The number of hydrogen-bond donors (Lipinski definition) is 2. The molecule has 2 unspecified atom stereocenters. The van der Waals surface area contributed by atoms with Gasteiger partial charge in [0.25, 0.3) is 0 Å². The second-order valence-corrected chi connectivity index (χ2v) is 6.88. The lowest BCUT2D eigenvalue weighted by Crippen LogP contribution is -2.37. The molecule has 24 heavy (non-hydrogen) atoms. The molecule has 0 aliphatic carbocycles. The van der Waals surface area contributed by atoms with E-state index in [2.05, 4.69) is 5.32 Å². The van der Waals surface area contributed by atoms with Crippen LogP contribution < -0.4 is 5.32 Å². The minimum atomic E-state index is -0.903. The highest BCUT2D eigenvalue weighted by molar-refractivity contribution is 6.30. The summed E-state index contributed by atoms with van der Waals surface area (Å²) >= 11 is 5.87. The summed E-state index contributed by atoms with van der Waals surface area (Å²) in [6, 6.07) is 6.47. The van der Waals surface area contributed by atoms with Gasteiger partial charge in [-0.1, -0.05) is 23.7 Å². The molecule has 1 heterocycles. The molecule has 0 bridgehead atoms. The molecule has 0 spiro atoms. The molecule has 1 aromatic rings. The van der Waals surface area contributed by atoms with Crippen LogP contribution in [0.1, 0.15) is 38.3 Å². The maximum Gasteiger partial charge on any atom is 0.311 e. The summed E-state index contributed by atoms with van der Waals surface area (Å²) in [6.45, 7) is 3.64. The van der Waals surface area contributed by atoms with Crippen molar-refractivity contribution in [1.29, 1.82) is 0 Å². The number of likely N-dealkylation sites (tertiary alicyclic amines) is 1. The lowest BCUT2D eigenvalue weighted by atomic mass is 9.90. The van der Waals surface area contributed by atoms with Gasteiger partial charge in [0.15, 0.2) is 0 Å². The Balaban J connectivity index is 2.09. The Hall–Kier alpha value is -2.08. The number of carboxylic acid groups (broad SMARTS) is 1. The summed E-state index contributed by atoms with van der Waals surface area (Å²) in [6.07, 6.45) is 0.511. The fourth-order valence-electron chi connectivity index (χ4n) is 2.84. The van der Waals surface area contributed by atoms with E-state index in [1.165, 1.54) is 6.92 Å². The number of hydrogen-bond acceptors (Lipinski definition) is 3. The molecule has 6 nitrogen and oxygen atoms in total. The van der Waals surface area contributed by atoms with Gasteiger partial charge in [0.2, 0.25) is 11.8 Å². The molecule has 0 aromatic heterocycles. The SMILES string of the molecule is CC(=O)NC(CC(=O)N1CCC(C)(C(=O)O)C1)c1ccc(Cl)cc1. The molecule has 1 fully saturated rings. The van der Waals surface area contributed by atoms with Crippen LogP contribution in [-0.4, -0.2) is 40.9 Å². The standard InChI is InChI=1S/C17H21ClN2O4/c1-11(21)19-14(12-3-5-13(18)6-4-12)9-15(22)20-8-7-17(2,10-20)16(23)24/h3-6,14H,7-10H2,1-2H3,(H,19,21)(H,23,24). The molecule has 1 saturated heterocycles. The predicted molar refractivity (Wildman–Crippen MR) is 89.6 cm³/mol. The summed E-state index contributed by atoms with van der Waals surface area (Å²) in [4.78, 5) is 36.9. The van der Waals surface area contributed by atoms with Crippen LogP contribution in [0.3, 0.4) is 0 Å². The van der Waals surface area contributed by atoms with Crippen LogP contribution >= 0.6 is 11.6 Å². The van der Waals surface area contributed by atoms with Crippen molar-refractivity contribution < 1.29 is 19.5 Å². The zero-order valence-corrected chi connectivity index (χ0v) is 14.5. The first-order chi connectivity index (χ1) is 11.2. The van der Waals surface area contributed by atoms with Crippen molar-refractivity contribution in [2.24, 2.45) is 5.41 Å². The highest BCUT2D eigenvalue weighted by atomic mass is 35.5. The molecule has 130 valence electrons. The zero-order chi connectivity index (χ0) is 17.9. The summed E-state index contributed by atoms with van der Waals surface area (Å²) < 4.78 is 0. The molecule has 2 atom stereocenters. The van der Waals surface area contributed by atoms with Crippen molar-refractivity contribution >= 4 is 29.4 Å². The quantitative estimate of drug-likeness (QED) is 0.850. The van der Waals surface area contributed by atoms with E-state index < -0.39 is 17.4 Å². The number of nitrogens with zero attached hydrogens (tertiary/aromatic N) is 1. The Morgan fingerprint density at radius 3 is 2.46 bits per heavy atom. The third-order valence-corrected chi connectivity index (χ3v) is 4.62. The van der Waals surface area contributed by atoms with E-state index in [9.17, 15) is 19.5 Å².